The predicted octanol–water partition coefficient (Wildman–Crippen LogP) is 1.85. The van der Waals surface area contributed by atoms with Gasteiger partial charge in [0, 0.05) is 18.8 Å². The number of benzene rings is 1. The largest absolute Gasteiger partial charge is 0.458 e. The molecule has 0 heterocycles. The first-order valence-electron chi connectivity index (χ1n) is 4.79. The molecule has 0 fully saturated rings. The Bertz CT molecular complexity index is 344. The standard InChI is InChI=1S/C12H15NO2/c1-10(13-2)8-12(14)15-9-11-6-4-3-5-7-11/h3-8,13H,9H2,1-2H3/b10-8+. The smallest absolute Gasteiger partial charge is 0.332 e. The minimum absolute atomic E-state index is 0.313. The molecule has 1 aromatic rings. The van der Waals surface area contributed by atoms with E-state index in [9.17, 15) is 4.79 Å². The van der Waals surface area contributed by atoms with Crippen molar-refractivity contribution >= 4 is 5.97 Å². The lowest BCUT2D eigenvalue weighted by atomic mass is 10.2. The molecule has 0 aliphatic rings. The highest BCUT2D eigenvalue weighted by molar-refractivity contribution is 5.82. The minimum atomic E-state index is -0.328. The van der Waals surface area contributed by atoms with E-state index >= 15 is 0 Å². The van der Waals surface area contributed by atoms with E-state index in [1.165, 1.54) is 6.08 Å². The van der Waals surface area contributed by atoms with E-state index in [1.807, 2.05) is 37.3 Å². The highest BCUT2D eigenvalue weighted by Gasteiger charge is 1.99. The Hall–Kier alpha value is -1.77. The van der Waals surface area contributed by atoms with Crippen molar-refractivity contribution < 1.29 is 9.53 Å². The lowest BCUT2D eigenvalue weighted by Gasteiger charge is -2.03. The summed E-state index contributed by atoms with van der Waals surface area (Å²) in [6, 6.07) is 9.59. The lowest BCUT2D eigenvalue weighted by molar-refractivity contribution is -0.139. The molecule has 0 aliphatic heterocycles. The maximum atomic E-state index is 11.2. The van der Waals surface area contributed by atoms with Gasteiger partial charge in [-0.3, -0.25) is 0 Å². The summed E-state index contributed by atoms with van der Waals surface area (Å²) in [6.45, 7) is 2.12. The van der Waals surface area contributed by atoms with Gasteiger partial charge in [0.1, 0.15) is 6.61 Å². The van der Waals surface area contributed by atoms with Gasteiger partial charge < -0.3 is 10.1 Å². The van der Waals surface area contributed by atoms with Crippen LogP contribution in [-0.4, -0.2) is 13.0 Å². The summed E-state index contributed by atoms with van der Waals surface area (Å²) in [5.41, 5.74) is 1.77. The van der Waals surface area contributed by atoms with Gasteiger partial charge in [-0.15, -0.1) is 0 Å². The van der Waals surface area contributed by atoms with Crippen molar-refractivity contribution in [2.75, 3.05) is 7.05 Å². The van der Waals surface area contributed by atoms with E-state index < -0.39 is 0 Å². The molecule has 0 bridgehead atoms. The fourth-order valence-electron chi connectivity index (χ4n) is 1.02. The van der Waals surface area contributed by atoms with Crippen LogP contribution in [-0.2, 0) is 16.1 Å². The summed E-state index contributed by atoms with van der Waals surface area (Å²) in [7, 11) is 1.76. The van der Waals surface area contributed by atoms with E-state index in [0.29, 0.717) is 6.61 Å². The van der Waals surface area contributed by atoms with Crippen molar-refractivity contribution in [1.29, 1.82) is 0 Å². The number of nitrogens with one attached hydrogen (secondary N) is 1. The lowest BCUT2D eigenvalue weighted by Crippen LogP contribution is -2.07. The predicted molar refractivity (Wildman–Crippen MR) is 59.1 cm³/mol. The molecule has 0 atom stereocenters. The molecule has 80 valence electrons. The maximum Gasteiger partial charge on any atom is 0.332 e. The van der Waals surface area contributed by atoms with Gasteiger partial charge in [-0.25, -0.2) is 4.79 Å². The van der Waals surface area contributed by atoms with E-state index in [-0.39, 0.29) is 5.97 Å². The molecule has 15 heavy (non-hydrogen) atoms. The van der Waals surface area contributed by atoms with Crippen molar-refractivity contribution in [3.05, 3.63) is 47.7 Å². The third kappa shape index (κ3) is 4.31. The molecule has 0 saturated carbocycles. The van der Waals surface area contributed by atoms with Crippen molar-refractivity contribution in [1.82, 2.24) is 5.32 Å². The molecule has 3 heteroatoms. The van der Waals surface area contributed by atoms with Crippen molar-refractivity contribution in [3.8, 4) is 0 Å². The van der Waals surface area contributed by atoms with Crippen LogP contribution in [0.3, 0.4) is 0 Å². The Morgan fingerprint density at radius 3 is 2.67 bits per heavy atom. The number of esters is 1. The number of hydrogen-bond donors (Lipinski definition) is 1. The van der Waals surface area contributed by atoms with E-state index in [1.54, 1.807) is 7.05 Å². The summed E-state index contributed by atoms with van der Waals surface area (Å²) < 4.78 is 5.05. The van der Waals surface area contributed by atoms with Gasteiger partial charge in [0.2, 0.25) is 0 Å². The van der Waals surface area contributed by atoms with Gasteiger partial charge in [0.05, 0.1) is 0 Å². The van der Waals surface area contributed by atoms with Crippen LogP contribution in [0.25, 0.3) is 0 Å². The fourth-order valence-corrected chi connectivity index (χ4v) is 1.02. The first-order chi connectivity index (χ1) is 7.22. The summed E-state index contributed by atoms with van der Waals surface area (Å²) >= 11 is 0. The van der Waals surface area contributed by atoms with Gasteiger partial charge in [0.15, 0.2) is 0 Å². The minimum Gasteiger partial charge on any atom is -0.458 e. The Morgan fingerprint density at radius 1 is 1.40 bits per heavy atom. The maximum absolute atomic E-state index is 11.2. The zero-order valence-corrected chi connectivity index (χ0v) is 8.99. The first kappa shape index (κ1) is 11.3. The van der Waals surface area contributed by atoms with Crippen molar-refractivity contribution in [3.63, 3.8) is 0 Å². The van der Waals surface area contributed by atoms with E-state index in [0.717, 1.165) is 11.3 Å². The molecule has 0 unspecified atom stereocenters. The normalized spacial score (nSPS) is 10.9. The Morgan fingerprint density at radius 2 is 2.07 bits per heavy atom. The number of rotatable bonds is 4. The van der Waals surface area contributed by atoms with Gasteiger partial charge >= 0.3 is 5.97 Å². The van der Waals surface area contributed by atoms with Gasteiger partial charge in [-0.2, -0.15) is 0 Å². The summed E-state index contributed by atoms with van der Waals surface area (Å²) in [4.78, 5) is 11.2. The average molecular weight is 205 g/mol. The number of allylic oxidation sites excluding steroid dienone is 1. The molecule has 0 aliphatic carbocycles. The van der Waals surface area contributed by atoms with Crippen LogP contribution in [0.5, 0.6) is 0 Å². The molecule has 0 amide bonds. The monoisotopic (exact) mass is 205 g/mol. The highest BCUT2D eigenvalue weighted by atomic mass is 16.5. The van der Waals surface area contributed by atoms with Crippen molar-refractivity contribution in [2.24, 2.45) is 0 Å². The number of carbonyl (C=O) groups is 1. The quantitative estimate of drug-likeness (QED) is 0.602. The van der Waals surface area contributed by atoms with Crippen LogP contribution in [0.2, 0.25) is 0 Å². The van der Waals surface area contributed by atoms with Crippen LogP contribution in [0.1, 0.15) is 12.5 Å². The van der Waals surface area contributed by atoms with Gasteiger partial charge in [-0.05, 0) is 12.5 Å². The molecular weight excluding hydrogens is 190 g/mol. The molecule has 1 rings (SSSR count). The SMILES string of the molecule is CN/C(C)=C/C(=O)OCc1ccccc1. The second-order valence-electron chi connectivity index (χ2n) is 3.17. The Balaban J connectivity index is 2.41. The number of carbonyl (C=O) groups excluding carboxylic acids is 1. The topological polar surface area (TPSA) is 38.3 Å². The van der Waals surface area contributed by atoms with Crippen LogP contribution >= 0.6 is 0 Å². The van der Waals surface area contributed by atoms with E-state index in [4.69, 9.17) is 4.74 Å². The Labute approximate surface area is 89.8 Å². The molecule has 1 aromatic carbocycles. The summed E-state index contributed by atoms with van der Waals surface area (Å²) in [6.07, 6.45) is 1.43. The second-order valence-corrected chi connectivity index (χ2v) is 3.17. The first-order valence-corrected chi connectivity index (χ1v) is 4.79. The Kier molecular flexibility index (Phi) is 4.41. The summed E-state index contributed by atoms with van der Waals surface area (Å²) in [5.74, 6) is -0.328. The van der Waals surface area contributed by atoms with Gasteiger partial charge in [0.25, 0.3) is 0 Å². The van der Waals surface area contributed by atoms with Gasteiger partial charge in [-0.1, -0.05) is 30.3 Å². The number of ether oxygens (including phenoxy) is 1. The molecule has 1 N–H and O–H groups in total. The summed E-state index contributed by atoms with van der Waals surface area (Å²) in [5, 5.41) is 2.85. The molecule has 0 radical (unpaired) electrons. The van der Waals surface area contributed by atoms with Crippen molar-refractivity contribution in [2.45, 2.75) is 13.5 Å². The second kappa shape index (κ2) is 5.86. The highest BCUT2D eigenvalue weighted by Crippen LogP contribution is 2.01. The molecule has 0 spiro atoms. The molecule has 0 saturated heterocycles. The molecule has 3 nitrogen and oxygen atoms in total. The zero-order chi connectivity index (χ0) is 11.1. The molecule has 0 aromatic heterocycles. The van der Waals surface area contributed by atoms with E-state index in [2.05, 4.69) is 5.32 Å². The molecular formula is C12H15NO2. The van der Waals surface area contributed by atoms with Crippen LogP contribution < -0.4 is 5.32 Å². The van der Waals surface area contributed by atoms with Crippen LogP contribution in [0.15, 0.2) is 42.1 Å². The zero-order valence-electron chi connectivity index (χ0n) is 8.99. The van der Waals surface area contributed by atoms with Crippen LogP contribution in [0, 0.1) is 0 Å². The average Bonchev–Trinajstić information content (AvgIpc) is 2.27. The number of hydrogen-bond acceptors (Lipinski definition) is 3. The third-order valence-corrected chi connectivity index (χ3v) is 1.95. The van der Waals surface area contributed by atoms with Crippen LogP contribution in [0.4, 0.5) is 0 Å². The fraction of sp³-hybridized carbons (Fsp3) is 0.250. The third-order valence-electron chi connectivity index (χ3n) is 1.95.